The molecule has 1 aliphatic rings. The predicted octanol–water partition coefficient (Wildman–Crippen LogP) is 2.17. The van der Waals surface area contributed by atoms with Gasteiger partial charge in [-0.15, -0.1) is 0 Å². The number of aliphatic hydroxyl groups is 1. The van der Waals surface area contributed by atoms with Crippen molar-refractivity contribution in [1.82, 2.24) is 10.7 Å². The lowest BCUT2D eigenvalue weighted by atomic mass is 9.86. The van der Waals surface area contributed by atoms with Gasteiger partial charge in [-0.2, -0.15) is 10.5 Å². The van der Waals surface area contributed by atoms with Gasteiger partial charge in [-0.1, -0.05) is 18.2 Å². The van der Waals surface area contributed by atoms with E-state index in [1.165, 1.54) is 0 Å². The number of guanidine groups is 1. The lowest BCUT2D eigenvalue weighted by molar-refractivity contribution is -0.0567. The van der Waals surface area contributed by atoms with Crippen LogP contribution in [0.3, 0.4) is 0 Å². The molecule has 3 rings (SSSR count). The van der Waals surface area contributed by atoms with Crippen molar-refractivity contribution >= 4 is 11.6 Å². The van der Waals surface area contributed by atoms with Crippen LogP contribution in [-0.2, 0) is 0 Å². The lowest BCUT2D eigenvalue weighted by Gasteiger charge is -2.40. The van der Waals surface area contributed by atoms with Crippen LogP contribution in [0.2, 0.25) is 0 Å². The monoisotopic (exact) mass is 376 g/mol. The van der Waals surface area contributed by atoms with Crippen molar-refractivity contribution in [3.05, 3.63) is 59.7 Å². The Balaban J connectivity index is 1.96. The maximum atomic E-state index is 10.8. The van der Waals surface area contributed by atoms with E-state index in [0.717, 1.165) is 5.69 Å². The molecule has 0 aromatic heterocycles. The van der Waals surface area contributed by atoms with Crippen LogP contribution in [0.1, 0.15) is 31.0 Å². The number of fused-ring (bicyclic) bond motifs is 1. The molecule has 0 spiro atoms. The van der Waals surface area contributed by atoms with Crippen molar-refractivity contribution in [1.29, 1.82) is 10.5 Å². The highest BCUT2D eigenvalue weighted by atomic mass is 16.5. The minimum Gasteiger partial charge on any atom is -0.485 e. The van der Waals surface area contributed by atoms with Crippen molar-refractivity contribution < 1.29 is 9.84 Å². The van der Waals surface area contributed by atoms with Gasteiger partial charge in [-0.3, -0.25) is 16.2 Å². The second-order valence-electron chi connectivity index (χ2n) is 6.79. The second-order valence-corrected chi connectivity index (χ2v) is 6.79. The smallest absolute Gasteiger partial charge is 0.224 e. The zero-order chi connectivity index (χ0) is 20.1. The molecule has 142 valence electrons. The summed E-state index contributed by atoms with van der Waals surface area (Å²) in [6.07, 6.45) is 0.830. The van der Waals surface area contributed by atoms with E-state index in [4.69, 9.17) is 10.00 Å². The molecule has 0 unspecified atom stereocenters. The highest BCUT2D eigenvalue weighted by molar-refractivity contribution is 5.82. The number of aliphatic imine (C=N–C) groups is 1. The summed E-state index contributed by atoms with van der Waals surface area (Å²) < 4.78 is 5.88. The van der Waals surface area contributed by atoms with E-state index in [9.17, 15) is 10.4 Å². The van der Waals surface area contributed by atoms with Gasteiger partial charge in [0.15, 0.2) is 6.19 Å². The number of nitrogens with zero attached hydrogens (tertiary/aromatic N) is 3. The normalized spacial score (nSPS) is 20.0. The third-order valence-electron chi connectivity index (χ3n) is 4.38. The molecule has 2 aromatic rings. The molecule has 28 heavy (non-hydrogen) atoms. The van der Waals surface area contributed by atoms with E-state index in [2.05, 4.69) is 27.2 Å². The van der Waals surface area contributed by atoms with Crippen LogP contribution in [0, 0.1) is 22.8 Å². The van der Waals surface area contributed by atoms with E-state index in [1.54, 1.807) is 32.0 Å². The van der Waals surface area contributed by atoms with E-state index >= 15 is 0 Å². The Labute approximate surface area is 163 Å². The Bertz CT molecular complexity index is 959. The lowest BCUT2D eigenvalue weighted by Crippen LogP contribution is -2.49. The van der Waals surface area contributed by atoms with Gasteiger partial charge in [0.1, 0.15) is 23.5 Å². The molecule has 0 fully saturated rings. The standard InChI is InChI=1S/C20H20N6O2/c1-20(2)18(27)17(15-10-13(11-21)8-9-16(15)28-20)24-19(23-12-22)26-25-14-6-4-3-5-7-14/h3-10,17-18,25,27H,1-2H3,(H2,23,24,26)/t17-,18+/m1/s1. The Morgan fingerprint density at radius 1 is 1.18 bits per heavy atom. The number of ether oxygens (including phenoxy) is 1. The zero-order valence-corrected chi connectivity index (χ0v) is 15.5. The van der Waals surface area contributed by atoms with E-state index in [0.29, 0.717) is 16.9 Å². The highest BCUT2D eigenvalue weighted by Gasteiger charge is 2.43. The largest absolute Gasteiger partial charge is 0.485 e. The summed E-state index contributed by atoms with van der Waals surface area (Å²) in [6, 6.07) is 15.6. The summed E-state index contributed by atoms with van der Waals surface area (Å²) in [5, 5.41) is 31.6. The van der Waals surface area contributed by atoms with E-state index < -0.39 is 17.7 Å². The number of para-hydroxylation sites is 1. The number of aliphatic hydroxyl groups excluding tert-OH is 1. The molecule has 2 aromatic carbocycles. The van der Waals surface area contributed by atoms with Crippen LogP contribution in [0.4, 0.5) is 5.69 Å². The third kappa shape index (κ3) is 3.98. The van der Waals surface area contributed by atoms with Crippen molar-refractivity contribution in [2.24, 2.45) is 4.99 Å². The number of benzene rings is 2. The van der Waals surface area contributed by atoms with Gasteiger partial charge in [-0.25, -0.2) is 4.99 Å². The van der Waals surface area contributed by atoms with Gasteiger partial charge in [-0.05, 0) is 44.2 Å². The second kappa shape index (κ2) is 7.87. The molecule has 2 atom stereocenters. The molecule has 8 heteroatoms. The molecule has 0 amide bonds. The quantitative estimate of drug-likeness (QED) is 0.213. The first-order chi connectivity index (χ1) is 13.4. The summed E-state index contributed by atoms with van der Waals surface area (Å²) in [5.74, 6) is 0.664. The Morgan fingerprint density at radius 3 is 2.61 bits per heavy atom. The summed E-state index contributed by atoms with van der Waals surface area (Å²) in [7, 11) is 0. The van der Waals surface area contributed by atoms with Crippen LogP contribution < -0.4 is 20.9 Å². The van der Waals surface area contributed by atoms with Gasteiger partial charge in [0.2, 0.25) is 5.96 Å². The molecule has 0 bridgehead atoms. The number of rotatable bonds is 3. The van der Waals surface area contributed by atoms with E-state index in [1.807, 2.05) is 36.5 Å². The SMILES string of the molecule is CC1(C)Oc2ccc(C#N)cc2[C@@H](N=C(NC#N)NNc2ccccc2)[C@@H]1O. The molecule has 0 radical (unpaired) electrons. The van der Waals surface area contributed by atoms with E-state index in [-0.39, 0.29) is 5.96 Å². The van der Waals surface area contributed by atoms with Crippen LogP contribution >= 0.6 is 0 Å². The van der Waals surface area contributed by atoms with Gasteiger partial charge >= 0.3 is 0 Å². The number of nitrogens with one attached hydrogen (secondary N) is 3. The molecule has 4 N–H and O–H groups in total. The first-order valence-electron chi connectivity index (χ1n) is 8.65. The molecule has 1 aliphatic heterocycles. The number of hydrogen-bond donors (Lipinski definition) is 4. The highest BCUT2D eigenvalue weighted by Crippen LogP contribution is 2.42. The summed E-state index contributed by atoms with van der Waals surface area (Å²) in [4.78, 5) is 4.50. The number of nitriles is 2. The fraction of sp³-hybridized carbons (Fsp3) is 0.250. The van der Waals surface area contributed by atoms with Crippen molar-refractivity contribution in [2.45, 2.75) is 31.6 Å². The topological polar surface area (TPSA) is 125 Å². The first-order valence-corrected chi connectivity index (χ1v) is 8.65. The average molecular weight is 376 g/mol. The summed E-state index contributed by atoms with van der Waals surface area (Å²) in [5.41, 5.74) is 6.66. The van der Waals surface area contributed by atoms with Crippen LogP contribution in [0.5, 0.6) is 5.75 Å². The fourth-order valence-electron chi connectivity index (χ4n) is 2.92. The van der Waals surface area contributed by atoms with Gasteiger partial charge in [0, 0.05) is 5.56 Å². The van der Waals surface area contributed by atoms with Gasteiger partial charge in [0.05, 0.1) is 17.3 Å². The van der Waals surface area contributed by atoms with Crippen molar-refractivity contribution in [3.8, 4) is 18.0 Å². The van der Waals surface area contributed by atoms with Crippen LogP contribution in [0.15, 0.2) is 53.5 Å². The summed E-state index contributed by atoms with van der Waals surface area (Å²) >= 11 is 0. The Morgan fingerprint density at radius 2 is 1.93 bits per heavy atom. The molecule has 0 aliphatic carbocycles. The predicted molar refractivity (Wildman–Crippen MR) is 104 cm³/mol. The average Bonchev–Trinajstić information content (AvgIpc) is 2.70. The zero-order valence-electron chi connectivity index (χ0n) is 15.5. The maximum Gasteiger partial charge on any atom is 0.224 e. The molecule has 0 saturated heterocycles. The van der Waals surface area contributed by atoms with Crippen LogP contribution in [0.25, 0.3) is 0 Å². The van der Waals surface area contributed by atoms with Crippen LogP contribution in [-0.4, -0.2) is 22.8 Å². The molecular formula is C20H20N6O2. The van der Waals surface area contributed by atoms with Crippen molar-refractivity contribution in [3.63, 3.8) is 0 Å². The molecular weight excluding hydrogens is 356 g/mol. The number of hydrogen-bond acceptors (Lipinski definition) is 6. The minimum atomic E-state index is -0.997. The van der Waals surface area contributed by atoms with Gasteiger partial charge in [0.25, 0.3) is 0 Å². The number of hydrazine groups is 1. The third-order valence-corrected chi connectivity index (χ3v) is 4.38. The summed E-state index contributed by atoms with van der Waals surface area (Å²) in [6.45, 7) is 3.52. The minimum absolute atomic E-state index is 0.126. The molecule has 8 nitrogen and oxygen atoms in total. The Kier molecular flexibility index (Phi) is 5.35. The maximum absolute atomic E-state index is 10.8. The molecule has 1 heterocycles. The fourth-order valence-corrected chi connectivity index (χ4v) is 2.92. The van der Waals surface area contributed by atoms with Gasteiger partial charge < -0.3 is 9.84 Å². The first kappa shape index (κ1) is 19.0. The number of anilines is 1. The Hall–Kier alpha value is -3.75. The van der Waals surface area contributed by atoms with Crippen molar-refractivity contribution in [2.75, 3.05) is 5.43 Å². The molecule has 0 saturated carbocycles.